The molecule has 8 rings (SSSR count). The lowest BCUT2D eigenvalue weighted by atomic mass is 9.90. The number of piperidine rings is 1. The van der Waals surface area contributed by atoms with Crippen LogP contribution < -0.4 is 10.2 Å². The predicted molar refractivity (Wildman–Crippen MR) is 228 cm³/mol. The van der Waals surface area contributed by atoms with Crippen molar-refractivity contribution in [1.29, 1.82) is 0 Å². The van der Waals surface area contributed by atoms with Gasteiger partial charge in [-0.05, 0) is 84.2 Å². The molecule has 12 heteroatoms. The number of carbonyl (C=O) groups is 3. The fourth-order valence-electron chi connectivity index (χ4n) is 8.23. The van der Waals surface area contributed by atoms with Gasteiger partial charge in [-0.1, -0.05) is 81.4 Å². The van der Waals surface area contributed by atoms with Gasteiger partial charge in [0.25, 0.3) is 0 Å². The number of aryl methyl sites for hydroxylation is 1. The van der Waals surface area contributed by atoms with Crippen LogP contribution in [0, 0.1) is 6.92 Å². The van der Waals surface area contributed by atoms with E-state index in [0.717, 1.165) is 78.0 Å². The largest absolute Gasteiger partial charge is 0.369 e. The summed E-state index contributed by atoms with van der Waals surface area (Å²) < 4.78 is 5.33. The van der Waals surface area contributed by atoms with Gasteiger partial charge in [0, 0.05) is 79.4 Å². The number of rotatable bonds is 12. The zero-order valence-corrected chi connectivity index (χ0v) is 34.5. The van der Waals surface area contributed by atoms with Gasteiger partial charge in [0.05, 0.1) is 11.6 Å². The minimum absolute atomic E-state index is 0.104. The highest BCUT2D eigenvalue weighted by Crippen LogP contribution is 2.34. The Morgan fingerprint density at radius 3 is 2.37 bits per heavy atom. The molecule has 0 saturated carbocycles. The van der Waals surface area contributed by atoms with Crippen LogP contribution in [0.2, 0.25) is 0 Å². The average Bonchev–Trinajstić information content (AvgIpc) is 3.91. The molecular weight excluding hydrogens is 741 g/mol. The van der Waals surface area contributed by atoms with E-state index in [0.29, 0.717) is 37.2 Å². The molecule has 2 N–H and O–H groups in total. The lowest BCUT2D eigenvalue weighted by Gasteiger charge is -2.36. The van der Waals surface area contributed by atoms with Crippen LogP contribution in [0.25, 0.3) is 33.4 Å². The first-order chi connectivity index (χ1) is 28.4. The first-order valence-electron chi connectivity index (χ1n) is 20.7. The Morgan fingerprint density at radius 2 is 1.68 bits per heavy atom. The maximum atomic E-state index is 12.9. The molecule has 0 radical (unpaired) electrons. The van der Waals surface area contributed by atoms with Crippen LogP contribution in [-0.2, 0) is 21.4 Å². The van der Waals surface area contributed by atoms with E-state index in [2.05, 4.69) is 110 Å². The Hall–Kier alpha value is -6.01. The Bertz CT molecular complexity index is 2470. The average molecular weight is 793 g/mol. The zero-order chi connectivity index (χ0) is 41.3. The summed E-state index contributed by atoms with van der Waals surface area (Å²) >= 11 is 0. The van der Waals surface area contributed by atoms with Crippen molar-refractivity contribution >= 4 is 34.3 Å². The molecule has 1 unspecified atom stereocenters. The monoisotopic (exact) mass is 792 g/mol. The summed E-state index contributed by atoms with van der Waals surface area (Å²) in [5.41, 5.74) is 10.3. The van der Waals surface area contributed by atoms with Crippen LogP contribution in [0.1, 0.15) is 104 Å². The second-order valence-corrected chi connectivity index (χ2v) is 17.2. The Labute approximate surface area is 344 Å². The summed E-state index contributed by atoms with van der Waals surface area (Å²) in [6, 6.07) is 25.7. The van der Waals surface area contributed by atoms with Crippen LogP contribution in [0.3, 0.4) is 0 Å². The number of benzene rings is 3. The fraction of sp³-hybridized carbons (Fsp3) is 0.383. The third-order valence-electron chi connectivity index (χ3n) is 11.9. The number of ketones is 1. The van der Waals surface area contributed by atoms with E-state index in [1.54, 1.807) is 0 Å². The topological polar surface area (TPSA) is 150 Å². The normalized spacial score (nSPS) is 17.0. The number of nitrogens with one attached hydrogen (secondary N) is 2. The van der Waals surface area contributed by atoms with Crippen molar-refractivity contribution < 1.29 is 18.9 Å². The van der Waals surface area contributed by atoms with Gasteiger partial charge >= 0.3 is 0 Å². The third-order valence-corrected chi connectivity index (χ3v) is 11.9. The van der Waals surface area contributed by atoms with Crippen LogP contribution in [0.5, 0.6) is 0 Å². The van der Waals surface area contributed by atoms with Gasteiger partial charge < -0.3 is 9.42 Å². The number of piperazine rings is 1. The van der Waals surface area contributed by atoms with Crippen molar-refractivity contribution in [2.75, 3.05) is 37.6 Å². The first kappa shape index (κ1) is 39.8. The quantitative estimate of drug-likeness (QED) is 0.0924. The van der Waals surface area contributed by atoms with Crippen LogP contribution in [0.15, 0.2) is 83.5 Å². The highest BCUT2D eigenvalue weighted by Gasteiger charge is 2.28. The molecule has 59 heavy (non-hydrogen) atoms. The molecule has 2 fully saturated rings. The number of H-pyrrole nitrogens is 1. The molecule has 6 aromatic rings. The molecule has 12 nitrogen and oxygen atoms in total. The SMILES string of the molecule is Cc1cc(-c2[nH]nc3ncc(-c4ccc(N5CCN(CCc6ccc(C7CCC(=O)NC7=O)cc6)CC5)cc4)cc23)ccc1[C@@H](C)CCC(=O)c1noc(C(C)(C)C)n1. The molecule has 0 spiro atoms. The number of Topliss-reactive ketones (excluding diaryl/α,β-unsaturated/α-hetero) is 1. The predicted octanol–water partition coefficient (Wildman–Crippen LogP) is 7.93. The molecule has 2 aliphatic rings. The molecule has 5 heterocycles. The molecular formula is C47H52N8O4. The Kier molecular flexibility index (Phi) is 11.3. The molecule has 3 aromatic heterocycles. The number of hydrogen-bond donors (Lipinski definition) is 2. The van der Waals surface area contributed by atoms with Crippen molar-refractivity contribution in [3.63, 3.8) is 0 Å². The van der Waals surface area contributed by atoms with Crippen LogP contribution in [-0.4, -0.2) is 80.5 Å². The summed E-state index contributed by atoms with van der Waals surface area (Å²) in [5, 5.41) is 15.1. The number of hydrogen-bond acceptors (Lipinski definition) is 10. The number of carbonyl (C=O) groups excluding carboxylic acids is 3. The molecule has 2 amide bonds. The second-order valence-electron chi connectivity index (χ2n) is 17.2. The molecule has 2 saturated heterocycles. The fourth-order valence-corrected chi connectivity index (χ4v) is 8.23. The second kappa shape index (κ2) is 16.7. The Balaban J connectivity index is 0.852. The Morgan fingerprint density at radius 1 is 0.932 bits per heavy atom. The molecule has 0 bridgehead atoms. The molecule has 304 valence electrons. The number of nitrogens with zero attached hydrogens (tertiary/aromatic N) is 6. The number of fused-ring (bicyclic) bond motifs is 1. The van der Waals surface area contributed by atoms with E-state index in [1.807, 2.05) is 39.1 Å². The number of pyridine rings is 1. The van der Waals surface area contributed by atoms with Gasteiger partial charge in [-0.25, -0.2) is 4.98 Å². The summed E-state index contributed by atoms with van der Waals surface area (Å²) in [5.74, 6) is 0.0779. The standard InChI is InChI=1S/C47H52N8O4/c1-29(6-18-40(56)44-50-46(59-53-44)47(3,4)5)37-16-13-34(26-30(37)2)42-39-27-35(28-48-43(39)52-51-42)32-11-14-36(15-12-32)55-24-22-54(23-25-55)21-20-31-7-9-33(10-8-31)38-17-19-41(57)49-45(38)58/h7-16,26-29,38H,6,17-25H2,1-5H3,(H,48,51,52)(H,49,57,58)/t29-,38?/m0/s1. The summed E-state index contributed by atoms with van der Waals surface area (Å²) in [4.78, 5) is 50.6. The zero-order valence-electron chi connectivity index (χ0n) is 34.5. The highest BCUT2D eigenvalue weighted by molar-refractivity contribution is 6.01. The van der Waals surface area contributed by atoms with Gasteiger partial charge in [0.15, 0.2) is 5.65 Å². The van der Waals surface area contributed by atoms with Crippen molar-refractivity contribution in [3.8, 4) is 22.4 Å². The van der Waals surface area contributed by atoms with Crippen LogP contribution in [0.4, 0.5) is 5.69 Å². The number of amides is 2. The highest BCUT2D eigenvalue weighted by atomic mass is 16.5. The van der Waals surface area contributed by atoms with Gasteiger partial charge in [-0.2, -0.15) is 10.1 Å². The van der Waals surface area contributed by atoms with Crippen LogP contribution >= 0.6 is 0 Å². The third kappa shape index (κ3) is 8.88. The molecule has 2 atom stereocenters. The van der Waals surface area contributed by atoms with Crippen molar-refractivity contribution in [3.05, 3.63) is 113 Å². The van der Waals surface area contributed by atoms with E-state index in [4.69, 9.17) is 9.51 Å². The van der Waals surface area contributed by atoms with E-state index in [-0.39, 0.29) is 40.7 Å². The first-order valence-corrected chi connectivity index (χ1v) is 20.7. The summed E-state index contributed by atoms with van der Waals surface area (Å²) in [6.07, 6.45) is 4.84. The number of aromatic amines is 1. The van der Waals surface area contributed by atoms with Crippen molar-refractivity contribution in [2.45, 2.75) is 84.0 Å². The van der Waals surface area contributed by atoms with Gasteiger partial charge in [0.1, 0.15) is 0 Å². The minimum Gasteiger partial charge on any atom is -0.369 e. The molecule has 3 aromatic carbocycles. The van der Waals surface area contributed by atoms with E-state index >= 15 is 0 Å². The number of imide groups is 1. The molecule has 2 aliphatic heterocycles. The van der Waals surface area contributed by atoms with E-state index in [1.165, 1.54) is 16.8 Å². The van der Waals surface area contributed by atoms with Gasteiger partial charge in [-0.15, -0.1) is 0 Å². The number of anilines is 1. The van der Waals surface area contributed by atoms with E-state index in [9.17, 15) is 14.4 Å². The maximum Gasteiger partial charge on any atom is 0.238 e. The number of aromatic nitrogens is 5. The minimum atomic E-state index is -0.303. The van der Waals surface area contributed by atoms with E-state index < -0.39 is 0 Å². The lowest BCUT2D eigenvalue weighted by molar-refractivity contribution is -0.134. The lowest BCUT2D eigenvalue weighted by Crippen LogP contribution is -2.47. The van der Waals surface area contributed by atoms with Crippen molar-refractivity contribution in [1.82, 2.24) is 35.5 Å². The smallest absolute Gasteiger partial charge is 0.238 e. The van der Waals surface area contributed by atoms with Crippen molar-refractivity contribution in [2.24, 2.45) is 0 Å². The molecule has 0 aliphatic carbocycles. The summed E-state index contributed by atoms with van der Waals surface area (Å²) in [7, 11) is 0. The summed E-state index contributed by atoms with van der Waals surface area (Å²) in [6.45, 7) is 15.1. The van der Waals surface area contributed by atoms with Gasteiger partial charge in [-0.3, -0.25) is 29.7 Å². The maximum absolute atomic E-state index is 12.9. The van der Waals surface area contributed by atoms with Gasteiger partial charge in [0.2, 0.25) is 29.3 Å².